The van der Waals surface area contributed by atoms with E-state index in [9.17, 15) is 4.79 Å². The van der Waals surface area contributed by atoms with E-state index in [1.54, 1.807) is 0 Å². The molecule has 5 heteroatoms. The van der Waals surface area contributed by atoms with Crippen LogP contribution in [0.5, 0.6) is 0 Å². The molecule has 2 heterocycles. The van der Waals surface area contributed by atoms with Crippen molar-refractivity contribution in [3.8, 4) is 0 Å². The maximum Gasteiger partial charge on any atom is 0.266 e. The van der Waals surface area contributed by atoms with Crippen LogP contribution in [0.4, 0.5) is 5.82 Å². The molecule has 1 aromatic heterocycles. The molecule has 3 rings (SSSR count). The Morgan fingerprint density at radius 3 is 2.89 bits per heavy atom. The van der Waals surface area contributed by atoms with E-state index < -0.39 is 0 Å². The summed E-state index contributed by atoms with van der Waals surface area (Å²) in [6.07, 6.45) is 2.47. The number of rotatable bonds is 1. The summed E-state index contributed by atoms with van der Waals surface area (Å²) in [4.78, 5) is 20.7. The van der Waals surface area contributed by atoms with Gasteiger partial charge in [-0.3, -0.25) is 4.79 Å². The first-order valence-corrected chi connectivity index (χ1v) is 6.88. The third-order valence-corrected chi connectivity index (χ3v) is 4.18. The van der Waals surface area contributed by atoms with Gasteiger partial charge in [-0.1, -0.05) is 24.3 Å². The molecule has 0 fully saturated rings. The minimum Gasteiger partial charge on any atom is -0.351 e. The highest BCUT2D eigenvalue weighted by atomic mass is 127. The second kappa shape index (κ2) is 4.72. The van der Waals surface area contributed by atoms with Crippen LogP contribution in [-0.2, 0) is 13.0 Å². The van der Waals surface area contributed by atoms with Gasteiger partial charge >= 0.3 is 0 Å². The van der Waals surface area contributed by atoms with Crippen molar-refractivity contribution in [3.63, 3.8) is 0 Å². The smallest absolute Gasteiger partial charge is 0.266 e. The van der Waals surface area contributed by atoms with E-state index in [0.717, 1.165) is 25.3 Å². The summed E-state index contributed by atoms with van der Waals surface area (Å²) in [5, 5.41) is 0. The fraction of sp³-hybridized carbons (Fsp3) is 0.231. The van der Waals surface area contributed by atoms with Gasteiger partial charge in [-0.25, -0.2) is 4.98 Å². The molecular weight excluding hydrogens is 341 g/mol. The molecule has 0 aliphatic carbocycles. The number of nitrogens with one attached hydrogen (secondary N) is 1. The summed E-state index contributed by atoms with van der Waals surface area (Å²) in [5.41, 5.74) is 2.65. The van der Waals surface area contributed by atoms with Gasteiger partial charge in [0.1, 0.15) is 9.39 Å². The number of hydrogen-bond acceptors (Lipinski definition) is 3. The Morgan fingerprint density at radius 1 is 1.28 bits per heavy atom. The number of H-pyrrole nitrogens is 1. The van der Waals surface area contributed by atoms with Gasteiger partial charge in [0.15, 0.2) is 0 Å². The Hall–Kier alpha value is -1.37. The van der Waals surface area contributed by atoms with Gasteiger partial charge in [0, 0.05) is 13.1 Å². The Balaban J connectivity index is 1.97. The summed E-state index contributed by atoms with van der Waals surface area (Å²) < 4.78 is 0.662. The highest BCUT2D eigenvalue weighted by molar-refractivity contribution is 14.1. The van der Waals surface area contributed by atoms with Gasteiger partial charge < -0.3 is 9.88 Å². The molecule has 1 aromatic carbocycles. The number of hydrogen-bond donors (Lipinski definition) is 1. The summed E-state index contributed by atoms with van der Waals surface area (Å²) >= 11 is 2.06. The lowest BCUT2D eigenvalue weighted by Crippen LogP contribution is -2.33. The van der Waals surface area contributed by atoms with Crippen LogP contribution in [-0.4, -0.2) is 16.5 Å². The number of aromatic amines is 1. The average molecular weight is 353 g/mol. The number of fused-ring (bicyclic) bond motifs is 1. The first-order chi connectivity index (χ1) is 8.75. The summed E-state index contributed by atoms with van der Waals surface area (Å²) in [5.74, 6) is 0.786. The lowest BCUT2D eigenvalue weighted by molar-refractivity contribution is 0.715. The molecule has 0 amide bonds. The van der Waals surface area contributed by atoms with Crippen molar-refractivity contribution < 1.29 is 0 Å². The molecule has 2 aromatic rings. The number of benzene rings is 1. The summed E-state index contributed by atoms with van der Waals surface area (Å²) in [6, 6.07) is 8.44. The van der Waals surface area contributed by atoms with Crippen molar-refractivity contribution in [1.82, 2.24) is 9.97 Å². The van der Waals surface area contributed by atoms with Crippen molar-refractivity contribution in [3.05, 3.63) is 55.6 Å². The molecule has 0 bridgehead atoms. The molecule has 1 aliphatic heterocycles. The number of nitrogens with zero attached hydrogens (tertiary/aromatic N) is 2. The van der Waals surface area contributed by atoms with E-state index in [-0.39, 0.29) is 5.56 Å². The number of anilines is 1. The van der Waals surface area contributed by atoms with Gasteiger partial charge in [-0.05, 0) is 40.1 Å². The molecule has 0 unspecified atom stereocenters. The van der Waals surface area contributed by atoms with Crippen molar-refractivity contribution in [2.75, 3.05) is 11.4 Å². The lowest BCUT2D eigenvalue weighted by Gasteiger charge is -2.30. The number of halogens is 1. The molecule has 0 spiro atoms. The molecule has 4 nitrogen and oxygen atoms in total. The van der Waals surface area contributed by atoms with Crippen molar-refractivity contribution >= 4 is 28.4 Å². The molecule has 1 aliphatic rings. The van der Waals surface area contributed by atoms with Gasteiger partial charge in [0.2, 0.25) is 0 Å². The van der Waals surface area contributed by atoms with Crippen LogP contribution in [0, 0.1) is 3.57 Å². The van der Waals surface area contributed by atoms with E-state index in [4.69, 9.17) is 0 Å². The normalized spacial score (nSPS) is 14.4. The third-order valence-electron chi connectivity index (χ3n) is 3.21. The van der Waals surface area contributed by atoms with Gasteiger partial charge in [0.25, 0.3) is 5.56 Å². The first kappa shape index (κ1) is 11.7. The summed E-state index contributed by atoms with van der Waals surface area (Å²) in [7, 11) is 0. The van der Waals surface area contributed by atoms with Gasteiger partial charge in [-0.2, -0.15) is 0 Å². The maximum absolute atomic E-state index is 11.6. The van der Waals surface area contributed by atoms with Crippen LogP contribution in [0.3, 0.4) is 0 Å². The topological polar surface area (TPSA) is 49.0 Å². The molecule has 92 valence electrons. The Labute approximate surface area is 118 Å². The zero-order chi connectivity index (χ0) is 12.5. The molecule has 18 heavy (non-hydrogen) atoms. The van der Waals surface area contributed by atoms with Crippen molar-refractivity contribution in [2.45, 2.75) is 13.0 Å². The maximum atomic E-state index is 11.6. The Bertz CT molecular complexity index is 638. The molecule has 0 radical (unpaired) electrons. The van der Waals surface area contributed by atoms with E-state index in [1.165, 1.54) is 17.5 Å². The molecule has 0 saturated heterocycles. The fourth-order valence-corrected chi connectivity index (χ4v) is 2.91. The van der Waals surface area contributed by atoms with E-state index in [1.807, 2.05) is 0 Å². The van der Waals surface area contributed by atoms with E-state index >= 15 is 0 Å². The lowest BCUT2D eigenvalue weighted by atomic mass is 10.00. The second-order valence-corrected chi connectivity index (χ2v) is 5.39. The largest absolute Gasteiger partial charge is 0.351 e. The van der Waals surface area contributed by atoms with Crippen LogP contribution >= 0.6 is 22.6 Å². The highest BCUT2D eigenvalue weighted by Crippen LogP contribution is 2.24. The monoisotopic (exact) mass is 353 g/mol. The minimum atomic E-state index is -0.0699. The second-order valence-electron chi connectivity index (χ2n) is 4.31. The van der Waals surface area contributed by atoms with Crippen LogP contribution < -0.4 is 10.5 Å². The molecule has 0 saturated carbocycles. The predicted octanol–water partition coefficient (Wildman–Crippen LogP) is 1.94. The fourth-order valence-electron chi connectivity index (χ4n) is 2.27. The molecule has 0 atom stereocenters. The summed E-state index contributed by atoms with van der Waals surface area (Å²) in [6.45, 7) is 1.73. The van der Waals surface area contributed by atoms with Crippen LogP contribution in [0.15, 0.2) is 35.4 Å². The van der Waals surface area contributed by atoms with Crippen LogP contribution in [0.1, 0.15) is 11.1 Å². The van der Waals surface area contributed by atoms with E-state index in [0.29, 0.717) is 3.57 Å². The zero-order valence-electron chi connectivity index (χ0n) is 9.69. The molecular formula is C13H12IN3O. The van der Waals surface area contributed by atoms with Gasteiger partial charge in [-0.15, -0.1) is 0 Å². The quantitative estimate of drug-likeness (QED) is 0.798. The minimum absolute atomic E-state index is 0.0699. The van der Waals surface area contributed by atoms with Crippen LogP contribution in [0.2, 0.25) is 0 Å². The predicted molar refractivity (Wildman–Crippen MR) is 78.8 cm³/mol. The SMILES string of the molecule is O=c1[nH]cnc(N2CCc3ccccc3C2)c1I. The Morgan fingerprint density at radius 2 is 2.06 bits per heavy atom. The van der Waals surface area contributed by atoms with E-state index in [2.05, 4.69) is 61.7 Å². The highest BCUT2D eigenvalue weighted by Gasteiger charge is 2.19. The molecule has 1 N–H and O–H groups in total. The standard InChI is InChI=1S/C13H12IN3O/c14-11-12(15-8-16-13(11)18)17-6-5-9-3-1-2-4-10(9)7-17/h1-4,8H,5-7H2,(H,15,16,18). The third kappa shape index (κ3) is 2.03. The zero-order valence-corrected chi connectivity index (χ0v) is 11.8. The average Bonchev–Trinajstić information content (AvgIpc) is 2.41. The Kier molecular flexibility index (Phi) is 3.07. The first-order valence-electron chi connectivity index (χ1n) is 5.80. The van der Waals surface area contributed by atoms with Gasteiger partial charge in [0.05, 0.1) is 6.33 Å². The van der Waals surface area contributed by atoms with Crippen molar-refractivity contribution in [2.24, 2.45) is 0 Å². The van der Waals surface area contributed by atoms with Crippen LogP contribution in [0.25, 0.3) is 0 Å². The number of aromatic nitrogens is 2. The van der Waals surface area contributed by atoms with Crippen molar-refractivity contribution in [1.29, 1.82) is 0 Å².